The maximum Gasteiger partial charge on any atom is 0.255 e. The predicted molar refractivity (Wildman–Crippen MR) is 125 cm³/mol. The smallest absolute Gasteiger partial charge is 0.255 e. The van der Waals surface area contributed by atoms with Crippen molar-refractivity contribution in [3.05, 3.63) is 101 Å². The van der Waals surface area contributed by atoms with Gasteiger partial charge in [0.15, 0.2) is 0 Å². The van der Waals surface area contributed by atoms with E-state index in [9.17, 15) is 4.79 Å². The highest BCUT2D eigenvalue weighted by Crippen LogP contribution is 2.24. The van der Waals surface area contributed by atoms with Crippen LogP contribution in [0.4, 0.5) is 5.69 Å². The number of halogens is 1. The Balaban J connectivity index is 1.42. The summed E-state index contributed by atoms with van der Waals surface area (Å²) in [5, 5.41) is 7.69. The molecule has 6 nitrogen and oxygen atoms in total. The third-order valence-electron chi connectivity index (χ3n) is 5.28. The van der Waals surface area contributed by atoms with Gasteiger partial charge in [-0.2, -0.15) is 4.98 Å². The van der Waals surface area contributed by atoms with Gasteiger partial charge in [-0.3, -0.25) is 9.69 Å². The molecule has 1 heterocycles. The van der Waals surface area contributed by atoms with Gasteiger partial charge in [-0.15, -0.1) is 0 Å². The number of hydrogen-bond acceptors (Lipinski definition) is 5. The summed E-state index contributed by atoms with van der Waals surface area (Å²) < 4.78 is 5.44. The van der Waals surface area contributed by atoms with Gasteiger partial charge in [-0.05, 0) is 68.1 Å². The molecule has 1 atom stereocenters. The first-order chi connectivity index (χ1) is 15.5. The second kappa shape index (κ2) is 9.77. The first kappa shape index (κ1) is 21.7. The summed E-state index contributed by atoms with van der Waals surface area (Å²) in [4.78, 5) is 19.1. The van der Waals surface area contributed by atoms with E-state index in [1.807, 2.05) is 61.6 Å². The molecule has 7 heteroatoms. The van der Waals surface area contributed by atoms with E-state index in [0.717, 1.165) is 16.8 Å². The van der Waals surface area contributed by atoms with Crippen molar-refractivity contribution >= 4 is 23.2 Å². The number of anilines is 1. The highest BCUT2D eigenvalue weighted by molar-refractivity contribution is 6.30. The molecule has 0 aliphatic rings. The summed E-state index contributed by atoms with van der Waals surface area (Å²) in [7, 11) is 1.99. The second-order valence-electron chi connectivity index (χ2n) is 7.56. The lowest BCUT2D eigenvalue weighted by atomic mass is 10.1. The molecule has 3 aromatic carbocycles. The fourth-order valence-corrected chi connectivity index (χ4v) is 3.44. The number of carbonyl (C=O) groups excluding carboxylic acids is 1. The molecule has 0 aliphatic heterocycles. The molecule has 0 saturated carbocycles. The SMILES string of the molecule is CC(c1cccc(NC(=O)c2ccccc2)c1)N(C)Cc1nc(-c2ccc(Cl)cc2)no1. The third-order valence-corrected chi connectivity index (χ3v) is 5.53. The molecule has 1 unspecified atom stereocenters. The fraction of sp³-hybridized carbons (Fsp3) is 0.160. The van der Waals surface area contributed by atoms with Gasteiger partial charge < -0.3 is 9.84 Å². The lowest BCUT2D eigenvalue weighted by Gasteiger charge is -2.24. The van der Waals surface area contributed by atoms with Crippen LogP contribution < -0.4 is 5.32 Å². The molecule has 4 rings (SSSR count). The van der Waals surface area contributed by atoms with Crippen LogP contribution in [0.1, 0.15) is 34.8 Å². The molecule has 162 valence electrons. The molecule has 32 heavy (non-hydrogen) atoms. The molecule has 0 radical (unpaired) electrons. The summed E-state index contributed by atoms with van der Waals surface area (Å²) in [6.45, 7) is 2.58. The number of carbonyl (C=O) groups is 1. The number of rotatable bonds is 7. The molecule has 0 spiro atoms. The largest absolute Gasteiger partial charge is 0.338 e. The van der Waals surface area contributed by atoms with E-state index in [2.05, 4.69) is 27.3 Å². The summed E-state index contributed by atoms with van der Waals surface area (Å²) >= 11 is 5.94. The normalized spacial score (nSPS) is 12.0. The van der Waals surface area contributed by atoms with E-state index in [1.54, 1.807) is 24.3 Å². The van der Waals surface area contributed by atoms with Crippen LogP contribution in [0.5, 0.6) is 0 Å². The molecule has 0 bridgehead atoms. The number of benzene rings is 3. The first-order valence-corrected chi connectivity index (χ1v) is 10.6. The van der Waals surface area contributed by atoms with Crippen LogP contribution in [0.25, 0.3) is 11.4 Å². The minimum atomic E-state index is -0.135. The Hall–Kier alpha value is -3.48. The van der Waals surface area contributed by atoms with Gasteiger partial charge in [0, 0.05) is 27.9 Å². The van der Waals surface area contributed by atoms with E-state index < -0.39 is 0 Å². The van der Waals surface area contributed by atoms with Gasteiger partial charge in [0.25, 0.3) is 5.91 Å². The standard InChI is InChI=1S/C25H23ClN4O2/c1-17(20-9-6-10-22(15-20)27-25(31)19-7-4-3-5-8-19)30(2)16-23-28-24(29-32-23)18-11-13-21(26)14-12-18/h3-15,17H,16H2,1-2H3,(H,27,31). The number of nitrogens with one attached hydrogen (secondary N) is 1. The van der Waals surface area contributed by atoms with Gasteiger partial charge in [-0.25, -0.2) is 0 Å². The number of aromatic nitrogens is 2. The zero-order valence-corrected chi connectivity index (χ0v) is 18.6. The maximum absolute atomic E-state index is 12.5. The highest BCUT2D eigenvalue weighted by atomic mass is 35.5. The summed E-state index contributed by atoms with van der Waals surface area (Å²) in [5.41, 5.74) is 3.29. The quantitative estimate of drug-likeness (QED) is 0.386. The Morgan fingerprint density at radius 1 is 1.06 bits per heavy atom. The minimum absolute atomic E-state index is 0.0643. The fourth-order valence-electron chi connectivity index (χ4n) is 3.31. The van der Waals surface area contributed by atoms with Gasteiger partial charge in [-0.1, -0.05) is 47.1 Å². The zero-order chi connectivity index (χ0) is 22.5. The molecule has 4 aromatic rings. The van der Waals surface area contributed by atoms with Crippen molar-refractivity contribution in [2.24, 2.45) is 0 Å². The lowest BCUT2D eigenvalue weighted by molar-refractivity contribution is 0.102. The van der Waals surface area contributed by atoms with E-state index >= 15 is 0 Å². The summed E-state index contributed by atoms with van der Waals surface area (Å²) in [6.07, 6.45) is 0. The lowest BCUT2D eigenvalue weighted by Crippen LogP contribution is -2.22. The van der Waals surface area contributed by atoms with Crippen LogP contribution in [-0.2, 0) is 6.54 Å². The number of hydrogen-bond donors (Lipinski definition) is 1. The zero-order valence-electron chi connectivity index (χ0n) is 17.8. The Morgan fingerprint density at radius 3 is 2.56 bits per heavy atom. The first-order valence-electron chi connectivity index (χ1n) is 10.2. The predicted octanol–water partition coefficient (Wildman–Crippen LogP) is 5.84. The van der Waals surface area contributed by atoms with Crippen molar-refractivity contribution in [3.63, 3.8) is 0 Å². The maximum atomic E-state index is 12.5. The van der Waals surface area contributed by atoms with Crippen molar-refractivity contribution in [1.82, 2.24) is 15.0 Å². The van der Waals surface area contributed by atoms with Crippen molar-refractivity contribution in [2.45, 2.75) is 19.5 Å². The Kier molecular flexibility index (Phi) is 6.63. The number of amides is 1. The van der Waals surface area contributed by atoms with Gasteiger partial charge in [0.2, 0.25) is 11.7 Å². The van der Waals surface area contributed by atoms with Crippen LogP contribution in [0.15, 0.2) is 83.4 Å². The molecular weight excluding hydrogens is 424 g/mol. The van der Waals surface area contributed by atoms with Gasteiger partial charge >= 0.3 is 0 Å². The van der Waals surface area contributed by atoms with E-state index in [-0.39, 0.29) is 11.9 Å². The summed E-state index contributed by atoms with van der Waals surface area (Å²) in [5.74, 6) is 0.922. The third kappa shape index (κ3) is 5.22. The molecular formula is C25H23ClN4O2. The number of nitrogens with zero attached hydrogens (tertiary/aromatic N) is 3. The molecule has 0 fully saturated rings. The van der Waals surface area contributed by atoms with Gasteiger partial charge in [0.05, 0.1) is 6.54 Å². The van der Waals surface area contributed by atoms with Crippen molar-refractivity contribution < 1.29 is 9.32 Å². The molecule has 1 amide bonds. The van der Waals surface area contributed by atoms with Crippen LogP contribution in [0.3, 0.4) is 0 Å². The molecule has 1 N–H and O–H groups in total. The van der Waals surface area contributed by atoms with E-state index in [4.69, 9.17) is 16.1 Å². The van der Waals surface area contributed by atoms with Crippen molar-refractivity contribution in [1.29, 1.82) is 0 Å². The van der Waals surface area contributed by atoms with Crippen LogP contribution >= 0.6 is 11.6 Å². The minimum Gasteiger partial charge on any atom is -0.338 e. The van der Waals surface area contributed by atoms with Crippen molar-refractivity contribution in [3.8, 4) is 11.4 Å². The van der Waals surface area contributed by atoms with Crippen LogP contribution in [-0.4, -0.2) is 28.0 Å². The Labute approximate surface area is 191 Å². The van der Waals surface area contributed by atoms with E-state index in [0.29, 0.717) is 28.8 Å². The Bertz CT molecular complexity index is 1190. The average molecular weight is 447 g/mol. The van der Waals surface area contributed by atoms with Crippen LogP contribution in [0.2, 0.25) is 5.02 Å². The van der Waals surface area contributed by atoms with Gasteiger partial charge in [0.1, 0.15) is 0 Å². The monoisotopic (exact) mass is 446 g/mol. The van der Waals surface area contributed by atoms with Crippen molar-refractivity contribution in [2.75, 3.05) is 12.4 Å². The topological polar surface area (TPSA) is 71.3 Å². The highest BCUT2D eigenvalue weighted by Gasteiger charge is 2.17. The van der Waals surface area contributed by atoms with E-state index in [1.165, 1.54) is 0 Å². The second-order valence-corrected chi connectivity index (χ2v) is 7.99. The Morgan fingerprint density at radius 2 is 1.81 bits per heavy atom. The average Bonchev–Trinajstić information content (AvgIpc) is 3.28. The van der Waals surface area contributed by atoms with Crippen LogP contribution in [0, 0.1) is 0 Å². The molecule has 1 aromatic heterocycles. The summed E-state index contributed by atoms with van der Waals surface area (Å²) in [6, 6.07) is 24.4. The molecule has 0 aliphatic carbocycles. The molecule has 0 saturated heterocycles.